The van der Waals surface area contributed by atoms with E-state index in [4.69, 9.17) is 9.47 Å². The lowest BCUT2D eigenvalue weighted by molar-refractivity contribution is 0.0696. The Morgan fingerprint density at radius 1 is 0.967 bits per heavy atom. The predicted octanol–water partition coefficient (Wildman–Crippen LogP) is 5.59. The molecule has 5 nitrogen and oxygen atoms in total. The third kappa shape index (κ3) is 5.11. The molecule has 0 unspecified atom stereocenters. The molecule has 3 aromatic rings. The van der Waals surface area contributed by atoms with Gasteiger partial charge in [0, 0.05) is 12.2 Å². The van der Waals surface area contributed by atoms with Crippen molar-refractivity contribution in [2.24, 2.45) is 0 Å². The van der Waals surface area contributed by atoms with E-state index in [0.717, 1.165) is 16.8 Å². The number of aromatic carboxylic acids is 1. The molecule has 3 aromatic carbocycles. The van der Waals surface area contributed by atoms with Gasteiger partial charge < -0.3 is 19.9 Å². The number of ether oxygens (including phenoxy) is 2. The quantitative estimate of drug-likeness (QED) is 0.486. The first-order valence-corrected chi connectivity index (χ1v) is 9.99. The number of rotatable bonds is 9. The Bertz CT molecular complexity index is 1030. The van der Waals surface area contributed by atoms with E-state index in [0.29, 0.717) is 42.4 Å². The zero-order chi connectivity index (χ0) is 21.5. The standard InChI is InChI=1S/C25H27NO4/c1-4-29-24-14-19(15-26-22-11-7-10-21(18(22)3)25(27)28)12-13-23(24)30-16-20-9-6-5-8-17(20)2/h5-14,26H,4,15-16H2,1-3H3,(H,27,28). The second-order valence-electron chi connectivity index (χ2n) is 7.07. The van der Waals surface area contributed by atoms with E-state index < -0.39 is 5.97 Å². The minimum Gasteiger partial charge on any atom is -0.490 e. The minimum absolute atomic E-state index is 0.301. The Kier molecular flexibility index (Phi) is 6.96. The number of carbonyl (C=O) groups is 1. The zero-order valence-electron chi connectivity index (χ0n) is 17.6. The fourth-order valence-electron chi connectivity index (χ4n) is 3.23. The first kappa shape index (κ1) is 21.2. The van der Waals surface area contributed by atoms with Crippen LogP contribution in [0.1, 0.15) is 39.5 Å². The molecule has 0 saturated heterocycles. The van der Waals surface area contributed by atoms with E-state index in [1.807, 2.05) is 43.3 Å². The molecule has 3 rings (SSSR count). The Balaban J connectivity index is 1.73. The number of hydrogen-bond donors (Lipinski definition) is 2. The molecule has 30 heavy (non-hydrogen) atoms. The average molecular weight is 405 g/mol. The van der Waals surface area contributed by atoms with E-state index >= 15 is 0 Å². The van der Waals surface area contributed by atoms with Crippen molar-refractivity contribution in [2.45, 2.75) is 33.9 Å². The maximum absolute atomic E-state index is 11.3. The van der Waals surface area contributed by atoms with Gasteiger partial charge in [-0.05, 0) is 67.3 Å². The van der Waals surface area contributed by atoms with Crippen molar-refractivity contribution in [1.82, 2.24) is 0 Å². The van der Waals surface area contributed by atoms with Crippen LogP contribution in [0.25, 0.3) is 0 Å². The zero-order valence-corrected chi connectivity index (χ0v) is 17.6. The van der Waals surface area contributed by atoms with Crippen LogP contribution in [0.5, 0.6) is 11.5 Å². The molecule has 0 aliphatic rings. The van der Waals surface area contributed by atoms with Gasteiger partial charge in [0.25, 0.3) is 0 Å². The Morgan fingerprint density at radius 3 is 2.50 bits per heavy atom. The molecule has 0 aliphatic carbocycles. The van der Waals surface area contributed by atoms with E-state index in [2.05, 4.69) is 24.4 Å². The second-order valence-corrected chi connectivity index (χ2v) is 7.07. The summed E-state index contributed by atoms with van der Waals surface area (Å²) in [7, 11) is 0. The molecule has 0 bridgehead atoms. The van der Waals surface area contributed by atoms with Gasteiger partial charge in [0.2, 0.25) is 0 Å². The largest absolute Gasteiger partial charge is 0.490 e. The van der Waals surface area contributed by atoms with E-state index in [1.54, 1.807) is 19.1 Å². The fourth-order valence-corrected chi connectivity index (χ4v) is 3.23. The smallest absolute Gasteiger partial charge is 0.336 e. The maximum atomic E-state index is 11.3. The summed E-state index contributed by atoms with van der Waals surface area (Å²) in [6.07, 6.45) is 0. The summed E-state index contributed by atoms with van der Waals surface area (Å²) in [5.74, 6) is 0.472. The number of nitrogens with one attached hydrogen (secondary N) is 1. The molecule has 0 spiro atoms. The second kappa shape index (κ2) is 9.83. The first-order chi connectivity index (χ1) is 14.5. The van der Waals surface area contributed by atoms with Gasteiger partial charge in [-0.3, -0.25) is 0 Å². The van der Waals surface area contributed by atoms with Gasteiger partial charge in [-0.15, -0.1) is 0 Å². The fraction of sp³-hybridized carbons (Fsp3) is 0.240. The van der Waals surface area contributed by atoms with Gasteiger partial charge in [-0.25, -0.2) is 4.79 Å². The highest BCUT2D eigenvalue weighted by molar-refractivity contribution is 5.91. The van der Waals surface area contributed by atoms with Crippen LogP contribution in [0.3, 0.4) is 0 Å². The number of aryl methyl sites for hydroxylation is 1. The van der Waals surface area contributed by atoms with Crippen LogP contribution in [0.4, 0.5) is 5.69 Å². The number of hydrogen-bond acceptors (Lipinski definition) is 4. The molecule has 0 saturated carbocycles. The van der Waals surface area contributed by atoms with Crippen LogP contribution in [-0.2, 0) is 13.2 Å². The minimum atomic E-state index is -0.926. The third-order valence-corrected chi connectivity index (χ3v) is 5.00. The molecule has 0 aliphatic heterocycles. The summed E-state index contributed by atoms with van der Waals surface area (Å²) in [6, 6.07) is 19.2. The van der Waals surface area contributed by atoms with Crippen LogP contribution < -0.4 is 14.8 Å². The van der Waals surface area contributed by atoms with Crippen molar-refractivity contribution in [3.63, 3.8) is 0 Å². The van der Waals surface area contributed by atoms with Gasteiger partial charge in [0.1, 0.15) is 6.61 Å². The topological polar surface area (TPSA) is 67.8 Å². The lowest BCUT2D eigenvalue weighted by Crippen LogP contribution is -2.06. The number of carboxylic acids is 1. The SMILES string of the molecule is CCOc1cc(CNc2cccc(C(=O)O)c2C)ccc1OCc1ccccc1C. The molecule has 0 atom stereocenters. The Hall–Kier alpha value is -3.47. The Labute approximate surface area is 177 Å². The summed E-state index contributed by atoms with van der Waals surface area (Å²) in [4.78, 5) is 11.3. The van der Waals surface area contributed by atoms with Crippen molar-refractivity contribution in [3.05, 3.63) is 88.5 Å². The highest BCUT2D eigenvalue weighted by Gasteiger charge is 2.11. The highest BCUT2D eigenvalue weighted by Crippen LogP contribution is 2.30. The number of carboxylic acid groups (broad SMARTS) is 1. The molecule has 156 valence electrons. The molecule has 0 radical (unpaired) electrons. The van der Waals surface area contributed by atoms with Crippen LogP contribution in [0.15, 0.2) is 60.7 Å². The van der Waals surface area contributed by atoms with E-state index in [1.165, 1.54) is 5.56 Å². The van der Waals surface area contributed by atoms with E-state index in [9.17, 15) is 9.90 Å². The van der Waals surface area contributed by atoms with Gasteiger partial charge in [0.05, 0.1) is 12.2 Å². The molecule has 0 heterocycles. The highest BCUT2D eigenvalue weighted by atomic mass is 16.5. The molecule has 2 N–H and O–H groups in total. The van der Waals surface area contributed by atoms with Crippen molar-refractivity contribution < 1.29 is 19.4 Å². The monoisotopic (exact) mass is 405 g/mol. The number of anilines is 1. The molecule has 5 heteroatoms. The number of benzene rings is 3. The predicted molar refractivity (Wildman–Crippen MR) is 119 cm³/mol. The molecular formula is C25H27NO4. The molecule has 0 amide bonds. The van der Waals surface area contributed by atoms with Crippen LogP contribution in [0, 0.1) is 13.8 Å². The van der Waals surface area contributed by atoms with Gasteiger partial charge in [-0.1, -0.05) is 36.4 Å². The maximum Gasteiger partial charge on any atom is 0.336 e. The van der Waals surface area contributed by atoms with Crippen LogP contribution in [0.2, 0.25) is 0 Å². The average Bonchev–Trinajstić information content (AvgIpc) is 2.73. The lowest BCUT2D eigenvalue weighted by atomic mass is 10.1. The summed E-state index contributed by atoms with van der Waals surface area (Å²) >= 11 is 0. The van der Waals surface area contributed by atoms with Crippen molar-refractivity contribution in [3.8, 4) is 11.5 Å². The molecule has 0 aromatic heterocycles. The summed E-state index contributed by atoms with van der Waals surface area (Å²) in [6.45, 7) is 7.37. The lowest BCUT2D eigenvalue weighted by Gasteiger charge is -2.15. The Morgan fingerprint density at radius 2 is 1.77 bits per heavy atom. The summed E-state index contributed by atoms with van der Waals surface area (Å²) < 4.78 is 11.8. The van der Waals surface area contributed by atoms with Gasteiger partial charge >= 0.3 is 5.97 Å². The normalized spacial score (nSPS) is 10.5. The summed E-state index contributed by atoms with van der Waals surface area (Å²) in [5.41, 5.74) is 5.16. The van der Waals surface area contributed by atoms with Crippen molar-refractivity contribution in [1.29, 1.82) is 0 Å². The molecular weight excluding hydrogens is 378 g/mol. The molecule has 0 fully saturated rings. The van der Waals surface area contributed by atoms with Gasteiger partial charge in [0.15, 0.2) is 11.5 Å². The summed E-state index contributed by atoms with van der Waals surface area (Å²) in [5, 5.41) is 12.6. The van der Waals surface area contributed by atoms with Crippen molar-refractivity contribution in [2.75, 3.05) is 11.9 Å². The van der Waals surface area contributed by atoms with E-state index in [-0.39, 0.29) is 0 Å². The third-order valence-electron chi connectivity index (χ3n) is 5.00. The van der Waals surface area contributed by atoms with Gasteiger partial charge in [-0.2, -0.15) is 0 Å². The van der Waals surface area contributed by atoms with Crippen LogP contribution in [-0.4, -0.2) is 17.7 Å². The first-order valence-electron chi connectivity index (χ1n) is 9.99. The van der Waals surface area contributed by atoms with Crippen LogP contribution >= 0.6 is 0 Å². The van der Waals surface area contributed by atoms with Crippen molar-refractivity contribution >= 4 is 11.7 Å².